The van der Waals surface area contributed by atoms with E-state index in [1.165, 1.54) is 4.90 Å². The molecular weight excluding hydrogens is 511 g/mol. The van der Waals surface area contributed by atoms with Crippen LogP contribution in [0.1, 0.15) is 60.7 Å². The Balaban J connectivity index is 1.63. The monoisotopic (exact) mass is 541 g/mol. The molecule has 11 heteroatoms. The molecule has 1 fully saturated rings. The maximum Gasteiger partial charge on any atom is 0.425 e. The molecule has 0 radical (unpaired) electrons. The Bertz CT molecular complexity index is 1300. The van der Waals surface area contributed by atoms with E-state index in [0.717, 1.165) is 42.5 Å². The first-order chi connectivity index (χ1) is 17.1. The van der Waals surface area contributed by atoms with Crippen molar-refractivity contribution >= 4 is 15.7 Å². The first-order valence-corrected chi connectivity index (χ1v) is 13.8. The number of ether oxygens (including phenoxy) is 2. The number of carbonyl (C=O) groups is 1. The van der Waals surface area contributed by atoms with Gasteiger partial charge in [-0.05, 0) is 55.7 Å². The lowest BCUT2D eigenvalue weighted by Crippen LogP contribution is -2.41. The van der Waals surface area contributed by atoms with Gasteiger partial charge in [-0.3, -0.25) is 4.79 Å². The Morgan fingerprint density at radius 3 is 2.32 bits per heavy atom. The van der Waals surface area contributed by atoms with Crippen LogP contribution in [0, 0.1) is 0 Å². The van der Waals surface area contributed by atoms with Crippen LogP contribution in [0.15, 0.2) is 41.3 Å². The highest BCUT2D eigenvalue weighted by atomic mass is 32.2. The third-order valence-electron chi connectivity index (χ3n) is 6.84. The van der Waals surface area contributed by atoms with E-state index >= 15 is 0 Å². The van der Waals surface area contributed by atoms with Gasteiger partial charge in [-0.2, -0.15) is 13.2 Å². The maximum absolute atomic E-state index is 13.5. The van der Waals surface area contributed by atoms with Gasteiger partial charge in [0.25, 0.3) is 5.91 Å². The number of halogens is 3. The standard InChI is InChI=1S/C26H30F3NO6S/c1-15-11-25(32,12-16(2)35-15)20-6-5-18-13-30(14-19(18)9-20)24(31)22-10-21(37(4,33)34)7-8-23(22)36-17(3)26(27,28)29/h5-10,15-17,32H,11-14H2,1-4H3/t15-,16+,17-,25?/m0/s1. The number of aliphatic hydroxyl groups is 1. The fourth-order valence-electron chi connectivity index (χ4n) is 5.03. The van der Waals surface area contributed by atoms with Crippen molar-refractivity contribution in [3.8, 4) is 5.75 Å². The average molecular weight is 542 g/mol. The van der Waals surface area contributed by atoms with Crippen molar-refractivity contribution in [2.45, 2.75) is 81.7 Å². The molecule has 4 atom stereocenters. The van der Waals surface area contributed by atoms with E-state index in [0.29, 0.717) is 18.4 Å². The zero-order chi connectivity index (χ0) is 27.3. The lowest BCUT2D eigenvalue weighted by Gasteiger charge is -2.39. The Labute approximate surface area is 214 Å². The molecule has 2 aliphatic heterocycles. The van der Waals surface area contributed by atoms with Gasteiger partial charge in [0.2, 0.25) is 0 Å². The molecule has 4 rings (SSSR count). The molecule has 0 aromatic heterocycles. The summed E-state index contributed by atoms with van der Waals surface area (Å²) in [6, 6.07) is 8.75. The Hall–Kier alpha value is -2.63. The van der Waals surface area contributed by atoms with Gasteiger partial charge in [-0.15, -0.1) is 0 Å². The van der Waals surface area contributed by atoms with Crippen molar-refractivity contribution in [2.24, 2.45) is 0 Å². The van der Waals surface area contributed by atoms with Crippen LogP contribution in [-0.2, 0) is 33.3 Å². The minimum Gasteiger partial charge on any atom is -0.480 e. The number of nitrogens with zero attached hydrogens (tertiary/aromatic N) is 1. The second kappa shape index (κ2) is 9.59. The third kappa shape index (κ3) is 5.78. The molecule has 1 N–H and O–H groups in total. The van der Waals surface area contributed by atoms with Crippen molar-refractivity contribution < 1.29 is 41.0 Å². The number of hydrogen-bond donors (Lipinski definition) is 1. The molecule has 2 aromatic carbocycles. The highest BCUT2D eigenvalue weighted by molar-refractivity contribution is 7.90. The number of fused-ring (bicyclic) bond motifs is 1. The molecule has 2 heterocycles. The van der Waals surface area contributed by atoms with E-state index in [9.17, 15) is 31.5 Å². The van der Waals surface area contributed by atoms with Gasteiger partial charge in [-0.1, -0.05) is 18.2 Å². The van der Waals surface area contributed by atoms with Crippen LogP contribution in [0.4, 0.5) is 13.2 Å². The van der Waals surface area contributed by atoms with Crippen LogP contribution in [0.5, 0.6) is 5.75 Å². The molecule has 1 unspecified atom stereocenters. The minimum atomic E-state index is -4.67. The number of rotatable bonds is 5. The van der Waals surface area contributed by atoms with Crippen LogP contribution in [0.25, 0.3) is 0 Å². The summed E-state index contributed by atoms with van der Waals surface area (Å²) in [6.45, 7) is 4.95. The molecule has 0 spiro atoms. The van der Waals surface area contributed by atoms with Crippen LogP contribution < -0.4 is 4.74 Å². The summed E-state index contributed by atoms with van der Waals surface area (Å²) < 4.78 is 74.4. The first kappa shape index (κ1) is 27.4. The number of hydrogen-bond acceptors (Lipinski definition) is 6. The fraction of sp³-hybridized carbons (Fsp3) is 0.500. The van der Waals surface area contributed by atoms with Gasteiger partial charge in [0.1, 0.15) is 5.75 Å². The minimum absolute atomic E-state index is 0.125. The molecule has 0 saturated carbocycles. The summed E-state index contributed by atoms with van der Waals surface area (Å²) in [5, 5.41) is 11.3. The highest BCUT2D eigenvalue weighted by Gasteiger charge is 2.40. The Morgan fingerprint density at radius 1 is 1.11 bits per heavy atom. The molecule has 7 nitrogen and oxygen atoms in total. The quantitative estimate of drug-likeness (QED) is 0.605. The van der Waals surface area contributed by atoms with Crippen molar-refractivity contribution in [3.63, 3.8) is 0 Å². The zero-order valence-corrected chi connectivity index (χ0v) is 21.8. The van der Waals surface area contributed by atoms with Gasteiger partial charge in [0.15, 0.2) is 15.9 Å². The first-order valence-electron chi connectivity index (χ1n) is 11.9. The molecule has 202 valence electrons. The molecule has 37 heavy (non-hydrogen) atoms. The summed E-state index contributed by atoms with van der Waals surface area (Å²) in [6.07, 6.45) is -5.32. The Kier molecular flexibility index (Phi) is 7.11. The van der Waals surface area contributed by atoms with Crippen molar-refractivity contribution in [3.05, 3.63) is 58.7 Å². The van der Waals surface area contributed by atoms with Crippen LogP contribution in [0.3, 0.4) is 0 Å². The third-order valence-corrected chi connectivity index (χ3v) is 7.95. The Morgan fingerprint density at radius 2 is 1.73 bits per heavy atom. The summed E-state index contributed by atoms with van der Waals surface area (Å²) in [7, 11) is -3.73. The van der Waals surface area contributed by atoms with Crippen LogP contribution >= 0.6 is 0 Å². The molecule has 1 amide bonds. The van der Waals surface area contributed by atoms with E-state index in [1.54, 1.807) is 0 Å². The molecule has 0 aliphatic carbocycles. The van der Waals surface area contributed by atoms with Crippen molar-refractivity contribution in [1.29, 1.82) is 0 Å². The predicted molar refractivity (Wildman–Crippen MR) is 129 cm³/mol. The van der Waals surface area contributed by atoms with Crippen LogP contribution in [-0.4, -0.2) is 55.1 Å². The van der Waals surface area contributed by atoms with Crippen LogP contribution in [0.2, 0.25) is 0 Å². The number of benzene rings is 2. The van der Waals surface area contributed by atoms with E-state index in [1.807, 2.05) is 32.0 Å². The molecule has 0 bridgehead atoms. The number of alkyl halides is 3. The van der Waals surface area contributed by atoms with Crippen molar-refractivity contribution in [1.82, 2.24) is 4.90 Å². The number of sulfone groups is 1. The highest BCUT2D eigenvalue weighted by Crippen LogP contribution is 2.39. The van der Waals surface area contributed by atoms with Gasteiger partial charge >= 0.3 is 6.18 Å². The molecular formula is C26H30F3NO6S. The summed E-state index contributed by atoms with van der Waals surface area (Å²) >= 11 is 0. The summed E-state index contributed by atoms with van der Waals surface area (Å²) in [5.74, 6) is -1.00. The smallest absolute Gasteiger partial charge is 0.425 e. The van der Waals surface area contributed by atoms with E-state index in [-0.39, 0.29) is 41.5 Å². The normalized spacial score (nSPS) is 25.0. The van der Waals surface area contributed by atoms with Crippen molar-refractivity contribution in [2.75, 3.05) is 6.26 Å². The summed E-state index contributed by atoms with van der Waals surface area (Å²) in [5.41, 5.74) is 1.00. The van der Waals surface area contributed by atoms with E-state index in [4.69, 9.17) is 9.47 Å². The molecule has 2 aromatic rings. The molecule has 2 aliphatic rings. The lowest BCUT2D eigenvalue weighted by molar-refractivity contribution is -0.189. The fourth-order valence-corrected chi connectivity index (χ4v) is 5.67. The van der Waals surface area contributed by atoms with Gasteiger partial charge < -0.3 is 19.5 Å². The zero-order valence-electron chi connectivity index (χ0n) is 21.0. The molecule has 1 saturated heterocycles. The van der Waals surface area contributed by atoms with E-state index < -0.39 is 33.6 Å². The lowest BCUT2D eigenvalue weighted by atomic mass is 9.81. The summed E-state index contributed by atoms with van der Waals surface area (Å²) in [4.78, 5) is 14.7. The predicted octanol–water partition coefficient (Wildman–Crippen LogP) is 4.35. The SMILES string of the molecule is C[C@@H]1CC(O)(c2ccc3c(c2)CN(C(=O)c2cc(S(C)(=O)=O)ccc2O[C@@H](C)C(F)(F)F)C3)C[C@H](C)O1. The van der Waals surface area contributed by atoms with Gasteiger partial charge in [0.05, 0.1) is 28.3 Å². The topological polar surface area (TPSA) is 93.1 Å². The number of carbonyl (C=O) groups excluding carboxylic acids is 1. The van der Waals surface area contributed by atoms with Gasteiger partial charge in [0, 0.05) is 32.2 Å². The van der Waals surface area contributed by atoms with E-state index in [2.05, 4.69) is 0 Å². The number of amides is 1. The maximum atomic E-state index is 13.5. The largest absolute Gasteiger partial charge is 0.480 e. The van der Waals surface area contributed by atoms with Gasteiger partial charge in [-0.25, -0.2) is 8.42 Å². The second-order valence-electron chi connectivity index (χ2n) is 10.1. The average Bonchev–Trinajstić information content (AvgIpc) is 3.20. The second-order valence-corrected chi connectivity index (χ2v) is 12.1.